The Labute approximate surface area is 137 Å². The number of rotatable bonds is 4. The van der Waals surface area contributed by atoms with Crippen LogP contribution in [0.15, 0.2) is 60.9 Å². The molecule has 0 aliphatic heterocycles. The topological polar surface area (TPSA) is 88.5 Å². The first-order chi connectivity index (χ1) is 11.8. The summed E-state index contributed by atoms with van der Waals surface area (Å²) < 4.78 is 1.89. The van der Waals surface area contributed by atoms with E-state index in [1.54, 1.807) is 6.20 Å². The third kappa shape index (κ3) is 2.74. The Morgan fingerprint density at radius 1 is 1.12 bits per heavy atom. The number of hydrogen-bond donors (Lipinski definition) is 2. The van der Waals surface area contributed by atoms with Crippen LogP contribution in [0.3, 0.4) is 0 Å². The van der Waals surface area contributed by atoms with Crippen LogP contribution in [0.1, 0.15) is 0 Å². The van der Waals surface area contributed by atoms with Crippen LogP contribution in [-0.4, -0.2) is 30.6 Å². The highest BCUT2D eigenvalue weighted by Gasteiger charge is 2.11. The molecule has 0 aliphatic carbocycles. The van der Waals surface area contributed by atoms with Crippen LogP contribution >= 0.6 is 0 Å². The number of carbonyl (C=O) groups is 1. The first kappa shape index (κ1) is 14.1. The number of nitrogens with one attached hydrogen (secondary N) is 2. The molecule has 3 heterocycles. The number of anilines is 1. The number of H-pyrrole nitrogens is 1. The molecule has 1 aromatic carbocycles. The van der Waals surface area contributed by atoms with E-state index in [1.165, 1.54) is 0 Å². The zero-order valence-corrected chi connectivity index (χ0v) is 12.7. The maximum atomic E-state index is 12.2. The van der Waals surface area contributed by atoms with Crippen LogP contribution in [0.2, 0.25) is 0 Å². The Hall–Kier alpha value is -3.48. The number of fused-ring (bicyclic) bond motifs is 1. The maximum Gasteiger partial charge on any atom is 0.249 e. The number of nitrogens with zero attached hydrogens (tertiary/aromatic N) is 4. The second-order valence-corrected chi connectivity index (χ2v) is 5.27. The summed E-state index contributed by atoms with van der Waals surface area (Å²) in [5.41, 5.74) is 1.68. The zero-order chi connectivity index (χ0) is 16.4. The average molecular weight is 318 g/mol. The molecular formula is C17H14N6O. The van der Waals surface area contributed by atoms with E-state index in [0.717, 1.165) is 10.9 Å². The molecule has 7 nitrogen and oxygen atoms in total. The molecule has 7 heteroatoms. The SMILES string of the molecule is O=C(Cn1ccc2ccccc21)Nc1n[nH]c(-c2ccccn2)n1. The minimum absolute atomic E-state index is 0.192. The van der Waals surface area contributed by atoms with Gasteiger partial charge in [-0.15, -0.1) is 5.10 Å². The highest BCUT2D eigenvalue weighted by molar-refractivity contribution is 5.90. The number of benzene rings is 1. The molecule has 0 saturated heterocycles. The zero-order valence-electron chi connectivity index (χ0n) is 12.7. The lowest BCUT2D eigenvalue weighted by molar-refractivity contribution is -0.116. The van der Waals surface area contributed by atoms with Gasteiger partial charge in [0.2, 0.25) is 11.9 Å². The Bertz CT molecular complexity index is 988. The van der Waals surface area contributed by atoms with E-state index in [2.05, 4.69) is 25.5 Å². The molecule has 2 N–H and O–H groups in total. The number of pyridine rings is 1. The van der Waals surface area contributed by atoms with Gasteiger partial charge in [0.15, 0.2) is 5.82 Å². The molecule has 0 atom stereocenters. The van der Waals surface area contributed by atoms with Gasteiger partial charge in [0.05, 0.1) is 0 Å². The highest BCUT2D eigenvalue weighted by atomic mass is 16.2. The molecule has 0 saturated carbocycles. The largest absolute Gasteiger partial charge is 0.338 e. The molecule has 0 radical (unpaired) electrons. The lowest BCUT2D eigenvalue weighted by atomic mass is 10.2. The molecule has 4 rings (SSSR count). The van der Waals surface area contributed by atoms with Gasteiger partial charge in [-0.2, -0.15) is 4.98 Å². The van der Waals surface area contributed by atoms with Crippen LogP contribution in [-0.2, 0) is 11.3 Å². The molecule has 0 unspecified atom stereocenters. The van der Waals surface area contributed by atoms with Gasteiger partial charge in [0.25, 0.3) is 0 Å². The summed E-state index contributed by atoms with van der Waals surface area (Å²) in [6.45, 7) is 0.195. The van der Waals surface area contributed by atoms with Gasteiger partial charge in [-0.1, -0.05) is 24.3 Å². The minimum Gasteiger partial charge on any atom is -0.338 e. The lowest BCUT2D eigenvalue weighted by Gasteiger charge is -2.04. The van der Waals surface area contributed by atoms with Crippen LogP contribution in [0.4, 0.5) is 5.95 Å². The molecule has 0 bridgehead atoms. The van der Waals surface area contributed by atoms with Gasteiger partial charge < -0.3 is 4.57 Å². The second-order valence-electron chi connectivity index (χ2n) is 5.27. The molecule has 0 aliphatic rings. The average Bonchev–Trinajstić information content (AvgIpc) is 3.23. The van der Waals surface area contributed by atoms with E-state index < -0.39 is 0 Å². The third-order valence-corrected chi connectivity index (χ3v) is 3.64. The van der Waals surface area contributed by atoms with E-state index in [1.807, 2.05) is 59.3 Å². The van der Waals surface area contributed by atoms with Crippen LogP contribution in [0.25, 0.3) is 22.4 Å². The summed E-state index contributed by atoms with van der Waals surface area (Å²) in [5.74, 6) is 0.553. The van der Waals surface area contributed by atoms with E-state index in [0.29, 0.717) is 11.5 Å². The fourth-order valence-corrected chi connectivity index (χ4v) is 2.53. The Balaban J connectivity index is 1.48. The van der Waals surface area contributed by atoms with Crippen molar-refractivity contribution in [2.75, 3.05) is 5.32 Å². The first-order valence-electron chi connectivity index (χ1n) is 7.47. The Morgan fingerprint density at radius 2 is 2.00 bits per heavy atom. The molecule has 4 aromatic rings. The molecule has 3 aromatic heterocycles. The van der Waals surface area contributed by atoms with Crippen molar-refractivity contribution < 1.29 is 4.79 Å². The van der Waals surface area contributed by atoms with Crippen molar-refractivity contribution in [3.8, 4) is 11.5 Å². The smallest absolute Gasteiger partial charge is 0.249 e. The number of aromatic nitrogens is 5. The van der Waals surface area contributed by atoms with Gasteiger partial charge in [0, 0.05) is 17.9 Å². The van der Waals surface area contributed by atoms with E-state index in [4.69, 9.17) is 0 Å². The van der Waals surface area contributed by atoms with E-state index >= 15 is 0 Å². The lowest BCUT2D eigenvalue weighted by Crippen LogP contribution is -2.19. The molecule has 0 fully saturated rings. The summed E-state index contributed by atoms with van der Waals surface area (Å²) in [5, 5.41) is 10.6. The molecule has 1 amide bonds. The van der Waals surface area contributed by atoms with Crippen molar-refractivity contribution >= 4 is 22.8 Å². The summed E-state index contributed by atoms with van der Waals surface area (Å²) in [4.78, 5) is 20.7. The molecule has 24 heavy (non-hydrogen) atoms. The Kier molecular flexibility index (Phi) is 3.51. The molecule has 0 spiro atoms. The predicted molar refractivity (Wildman–Crippen MR) is 90.2 cm³/mol. The Morgan fingerprint density at radius 3 is 2.88 bits per heavy atom. The quantitative estimate of drug-likeness (QED) is 0.605. The van der Waals surface area contributed by atoms with Gasteiger partial charge in [-0.25, -0.2) is 0 Å². The minimum atomic E-state index is -0.192. The van der Waals surface area contributed by atoms with Crippen molar-refractivity contribution in [3.63, 3.8) is 0 Å². The third-order valence-electron chi connectivity index (χ3n) is 3.64. The summed E-state index contributed by atoms with van der Waals surface area (Å²) >= 11 is 0. The van der Waals surface area contributed by atoms with E-state index in [-0.39, 0.29) is 18.4 Å². The van der Waals surface area contributed by atoms with Gasteiger partial charge in [-0.05, 0) is 29.7 Å². The summed E-state index contributed by atoms with van der Waals surface area (Å²) in [6, 6.07) is 15.4. The summed E-state index contributed by atoms with van der Waals surface area (Å²) in [6.07, 6.45) is 3.56. The molecular weight excluding hydrogens is 304 g/mol. The molecule has 118 valence electrons. The van der Waals surface area contributed by atoms with Crippen molar-refractivity contribution in [2.24, 2.45) is 0 Å². The van der Waals surface area contributed by atoms with Gasteiger partial charge in [-0.3, -0.25) is 20.2 Å². The fourth-order valence-electron chi connectivity index (χ4n) is 2.53. The van der Waals surface area contributed by atoms with Crippen molar-refractivity contribution in [3.05, 3.63) is 60.9 Å². The maximum absolute atomic E-state index is 12.2. The highest BCUT2D eigenvalue weighted by Crippen LogP contribution is 2.15. The van der Waals surface area contributed by atoms with E-state index in [9.17, 15) is 4.79 Å². The number of amides is 1. The standard InChI is InChI=1S/C17H14N6O/c24-15(11-23-10-8-12-5-1-2-7-14(12)23)19-17-20-16(21-22-17)13-6-3-4-9-18-13/h1-10H,11H2,(H2,19,20,21,22,24). The van der Waals surface area contributed by atoms with Gasteiger partial charge >= 0.3 is 0 Å². The van der Waals surface area contributed by atoms with Crippen LogP contribution in [0.5, 0.6) is 0 Å². The van der Waals surface area contributed by atoms with Crippen LogP contribution in [0, 0.1) is 0 Å². The number of hydrogen-bond acceptors (Lipinski definition) is 4. The number of aromatic amines is 1. The van der Waals surface area contributed by atoms with Crippen molar-refractivity contribution in [1.82, 2.24) is 24.7 Å². The monoisotopic (exact) mass is 318 g/mol. The van der Waals surface area contributed by atoms with Crippen LogP contribution < -0.4 is 5.32 Å². The van der Waals surface area contributed by atoms with Gasteiger partial charge in [0.1, 0.15) is 12.2 Å². The number of carbonyl (C=O) groups excluding carboxylic acids is 1. The van der Waals surface area contributed by atoms with Crippen molar-refractivity contribution in [1.29, 1.82) is 0 Å². The second kappa shape index (κ2) is 5.96. The fraction of sp³-hybridized carbons (Fsp3) is 0.0588. The predicted octanol–water partition coefficient (Wildman–Crippen LogP) is 2.46. The van der Waals surface area contributed by atoms with Crippen molar-refractivity contribution in [2.45, 2.75) is 6.54 Å². The number of para-hydroxylation sites is 1. The first-order valence-corrected chi connectivity index (χ1v) is 7.47. The normalized spacial score (nSPS) is 10.8. The summed E-state index contributed by atoms with van der Waals surface area (Å²) in [7, 11) is 0.